The highest BCUT2D eigenvalue weighted by molar-refractivity contribution is 9.10. The third-order valence-electron chi connectivity index (χ3n) is 3.29. The van der Waals surface area contributed by atoms with Crippen LogP contribution in [-0.4, -0.2) is 6.04 Å². The summed E-state index contributed by atoms with van der Waals surface area (Å²) in [6.07, 6.45) is 8.78. The van der Waals surface area contributed by atoms with Gasteiger partial charge in [-0.05, 0) is 30.5 Å². The van der Waals surface area contributed by atoms with Crippen molar-refractivity contribution in [1.82, 2.24) is 5.43 Å². The van der Waals surface area contributed by atoms with Gasteiger partial charge < -0.3 is 0 Å². The fourth-order valence-electron chi connectivity index (χ4n) is 2.14. The van der Waals surface area contributed by atoms with Crippen LogP contribution in [0.2, 0.25) is 0 Å². The van der Waals surface area contributed by atoms with Crippen LogP contribution in [0, 0.1) is 0 Å². The molecule has 3 heteroatoms. The van der Waals surface area contributed by atoms with Gasteiger partial charge in [0, 0.05) is 10.5 Å². The lowest BCUT2D eigenvalue weighted by atomic mass is 10.0. The molecule has 18 heavy (non-hydrogen) atoms. The minimum Gasteiger partial charge on any atom is -0.271 e. The molecule has 1 atom stereocenters. The zero-order valence-corrected chi connectivity index (χ0v) is 12.9. The third-order valence-corrected chi connectivity index (χ3v) is 3.82. The highest BCUT2D eigenvalue weighted by Crippen LogP contribution is 2.14. The van der Waals surface area contributed by atoms with Crippen LogP contribution >= 0.6 is 15.9 Å². The molecular formula is C15H25BrN2. The van der Waals surface area contributed by atoms with Gasteiger partial charge >= 0.3 is 0 Å². The minimum atomic E-state index is 0.396. The van der Waals surface area contributed by atoms with E-state index in [2.05, 4.69) is 52.5 Å². The summed E-state index contributed by atoms with van der Waals surface area (Å²) in [6, 6.07) is 8.89. The predicted octanol–water partition coefficient (Wildman–Crippen LogP) is 4.18. The monoisotopic (exact) mass is 312 g/mol. The van der Waals surface area contributed by atoms with Gasteiger partial charge in [0.25, 0.3) is 0 Å². The minimum absolute atomic E-state index is 0.396. The topological polar surface area (TPSA) is 38.0 Å². The molecule has 0 fully saturated rings. The van der Waals surface area contributed by atoms with E-state index in [0.29, 0.717) is 6.04 Å². The standard InChI is InChI=1S/C15H25BrN2/c1-2-3-4-5-6-7-15(18-17)12-13-8-10-14(16)11-9-13/h8-11,15,18H,2-7,12,17H2,1H3. The van der Waals surface area contributed by atoms with Crippen LogP contribution in [0.4, 0.5) is 0 Å². The predicted molar refractivity (Wildman–Crippen MR) is 82.3 cm³/mol. The average molecular weight is 313 g/mol. The van der Waals surface area contributed by atoms with Crippen molar-refractivity contribution in [3.8, 4) is 0 Å². The largest absolute Gasteiger partial charge is 0.271 e. The molecule has 0 spiro atoms. The number of hydrogen-bond acceptors (Lipinski definition) is 2. The molecule has 102 valence electrons. The molecular weight excluding hydrogens is 288 g/mol. The smallest absolute Gasteiger partial charge is 0.0250 e. The van der Waals surface area contributed by atoms with Gasteiger partial charge in [-0.25, -0.2) is 0 Å². The summed E-state index contributed by atoms with van der Waals surface area (Å²) < 4.78 is 1.13. The number of hydrazine groups is 1. The van der Waals surface area contributed by atoms with Crippen molar-refractivity contribution in [2.75, 3.05) is 0 Å². The molecule has 0 radical (unpaired) electrons. The second-order valence-electron chi connectivity index (χ2n) is 4.90. The molecule has 0 aliphatic heterocycles. The molecule has 0 bridgehead atoms. The summed E-state index contributed by atoms with van der Waals surface area (Å²) in [6.45, 7) is 2.25. The van der Waals surface area contributed by atoms with Crippen LogP contribution in [0.25, 0.3) is 0 Å². The van der Waals surface area contributed by atoms with Crippen molar-refractivity contribution in [3.05, 3.63) is 34.3 Å². The summed E-state index contributed by atoms with van der Waals surface area (Å²) in [4.78, 5) is 0. The first-order valence-electron chi connectivity index (χ1n) is 6.96. The molecule has 1 aromatic carbocycles. The second-order valence-corrected chi connectivity index (χ2v) is 5.81. The quantitative estimate of drug-likeness (QED) is 0.408. The molecule has 0 saturated carbocycles. The first kappa shape index (κ1) is 15.7. The summed E-state index contributed by atoms with van der Waals surface area (Å²) in [7, 11) is 0. The molecule has 0 aliphatic rings. The molecule has 0 aromatic heterocycles. The van der Waals surface area contributed by atoms with Gasteiger partial charge in [-0.1, -0.05) is 67.1 Å². The fraction of sp³-hybridized carbons (Fsp3) is 0.600. The first-order chi connectivity index (χ1) is 8.76. The van der Waals surface area contributed by atoms with Crippen molar-refractivity contribution in [2.24, 2.45) is 5.84 Å². The van der Waals surface area contributed by atoms with E-state index in [4.69, 9.17) is 5.84 Å². The Hall–Kier alpha value is -0.380. The van der Waals surface area contributed by atoms with E-state index in [1.807, 2.05) is 0 Å². The number of hydrogen-bond donors (Lipinski definition) is 2. The van der Waals surface area contributed by atoms with Gasteiger partial charge in [0.1, 0.15) is 0 Å². The van der Waals surface area contributed by atoms with E-state index in [1.54, 1.807) is 0 Å². The van der Waals surface area contributed by atoms with E-state index < -0.39 is 0 Å². The molecule has 0 saturated heterocycles. The second kappa shape index (κ2) is 9.54. The Morgan fingerprint density at radius 1 is 1.11 bits per heavy atom. The van der Waals surface area contributed by atoms with Crippen molar-refractivity contribution in [2.45, 2.75) is 57.9 Å². The van der Waals surface area contributed by atoms with Gasteiger partial charge in [0.2, 0.25) is 0 Å². The lowest BCUT2D eigenvalue weighted by Crippen LogP contribution is -2.36. The van der Waals surface area contributed by atoms with E-state index >= 15 is 0 Å². The number of rotatable bonds is 9. The molecule has 0 amide bonds. The fourth-order valence-corrected chi connectivity index (χ4v) is 2.41. The Labute approximate surface area is 119 Å². The van der Waals surface area contributed by atoms with Crippen molar-refractivity contribution in [1.29, 1.82) is 0 Å². The lowest BCUT2D eigenvalue weighted by Gasteiger charge is -2.15. The summed E-state index contributed by atoms with van der Waals surface area (Å²) >= 11 is 3.45. The van der Waals surface area contributed by atoms with Gasteiger partial charge in [-0.15, -0.1) is 0 Å². The first-order valence-corrected chi connectivity index (χ1v) is 7.76. The molecule has 1 aromatic rings. The number of halogens is 1. The zero-order chi connectivity index (χ0) is 13.2. The van der Waals surface area contributed by atoms with Gasteiger partial charge in [-0.3, -0.25) is 11.3 Å². The molecule has 1 unspecified atom stereocenters. The molecule has 1 rings (SSSR count). The molecule has 2 nitrogen and oxygen atoms in total. The highest BCUT2D eigenvalue weighted by Gasteiger charge is 2.07. The van der Waals surface area contributed by atoms with Crippen LogP contribution in [0.15, 0.2) is 28.7 Å². The Kier molecular flexibility index (Phi) is 8.31. The maximum Gasteiger partial charge on any atom is 0.0250 e. The zero-order valence-electron chi connectivity index (χ0n) is 11.3. The third kappa shape index (κ3) is 6.53. The van der Waals surface area contributed by atoms with Gasteiger partial charge in [0.15, 0.2) is 0 Å². The maximum absolute atomic E-state index is 5.63. The normalized spacial score (nSPS) is 12.6. The Balaban J connectivity index is 2.26. The van der Waals surface area contributed by atoms with Crippen molar-refractivity contribution < 1.29 is 0 Å². The molecule has 3 N–H and O–H groups in total. The summed E-state index contributed by atoms with van der Waals surface area (Å²) in [5, 5.41) is 0. The van der Waals surface area contributed by atoms with Crippen LogP contribution < -0.4 is 11.3 Å². The number of nitrogens with two attached hydrogens (primary N) is 1. The molecule has 0 aliphatic carbocycles. The van der Waals surface area contributed by atoms with E-state index in [0.717, 1.165) is 17.3 Å². The van der Waals surface area contributed by atoms with Crippen LogP contribution in [0.1, 0.15) is 51.0 Å². The Morgan fingerprint density at radius 2 is 1.78 bits per heavy atom. The Morgan fingerprint density at radius 3 is 2.39 bits per heavy atom. The highest BCUT2D eigenvalue weighted by atomic mass is 79.9. The summed E-state index contributed by atoms with van der Waals surface area (Å²) in [5.41, 5.74) is 4.29. The van der Waals surface area contributed by atoms with Crippen molar-refractivity contribution in [3.63, 3.8) is 0 Å². The van der Waals surface area contributed by atoms with Crippen molar-refractivity contribution >= 4 is 15.9 Å². The maximum atomic E-state index is 5.63. The number of benzene rings is 1. The number of unbranched alkanes of at least 4 members (excludes halogenated alkanes) is 4. The van der Waals surface area contributed by atoms with E-state index in [-0.39, 0.29) is 0 Å². The van der Waals surface area contributed by atoms with E-state index in [9.17, 15) is 0 Å². The van der Waals surface area contributed by atoms with Crippen LogP contribution in [-0.2, 0) is 6.42 Å². The van der Waals surface area contributed by atoms with Crippen LogP contribution in [0.5, 0.6) is 0 Å². The van der Waals surface area contributed by atoms with Gasteiger partial charge in [-0.2, -0.15) is 0 Å². The lowest BCUT2D eigenvalue weighted by molar-refractivity contribution is 0.461. The summed E-state index contributed by atoms with van der Waals surface area (Å²) in [5.74, 6) is 5.63. The van der Waals surface area contributed by atoms with Crippen LogP contribution in [0.3, 0.4) is 0 Å². The SMILES string of the molecule is CCCCCCCC(Cc1ccc(Br)cc1)NN. The average Bonchev–Trinajstić information content (AvgIpc) is 2.39. The number of nitrogens with one attached hydrogen (secondary N) is 1. The van der Waals surface area contributed by atoms with E-state index in [1.165, 1.54) is 37.7 Å². The van der Waals surface area contributed by atoms with Gasteiger partial charge in [0.05, 0.1) is 0 Å². The molecule has 0 heterocycles. The Bertz CT molecular complexity index is 311.